The van der Waals surface area contributed by atoms with Gasteiger partial charge in [0.15, 0.2) is 9.84 Å². The zero-order valence-electron chi connectivity index (χ0n) is 13.9. The van der Waals surface area contributed by atoms with Crippen molar-refractivity contribution in [1.82, 2.24) is 5.32 Å². The second-order valence-electron chi connectivity index (χ2n) is 4.96. The normalized spacial score (nSPS) is 10.8. The quantitative estimate of drug-likeness (QED) is 0.800. The number of hydrogen-bond donors (Lipinski definition) is 2. The Bertz CT molecular complexity index is 949. The van der Waals surface area contributed by atoms with Gasteiger partial charge in [0.1, 0.15) is 5.00 Å². The molecular weight excluding hydrogens is 380 g/mol. The van der Waals surface area contributed by atoms with Crippen LogP contribution < -0.4 is 10.6 Å². The van der Waals surface area contributed by atoms with Crippen LogP contribution in [0.1, 0.15) is 27.6 Å². The molecule has 2 N–H and O–H groups in total. The van der Waals surface area contributed by atoms with Gasteiger partial charge in [-0.15, -0.1) is 11.3 Å². The second kappa shape index (κ2) is 8.11. The first-order valence-corrected chi connectivity index (χ1v) is 9.93. The van der Waals surface area contributed by atoms with Crippen LogP contribution in [0.15, 0.2) is 40.6 Å². The highest BCUT2D eigenvalue weighted by Crippen LogP contribution is 2.25. The standard InChI is InChI=1S/C16H16N2O6S2/c1-3-26(22,23)12-7-5-4-6-10(12)13(19)17-15-11(8-9-25-15)14(20)18-16(21)24-2/h4-9H,3H2,1-2H3,(H,17,19)(H,18,20,21). The minimum absolute atomic E-state index is 0.0259. The van der Waals surface area contributed by atoms with Crippen molar-refractivity contribution in [2.75, 3.05) is 18.2 Å². The highest BCUT2D eigenvalue weighted by Gasteiger charge is 2.23. The van der Waals surface area contributed by atoms with Crippen LogP contribution in [-0.4, -0.2) is 39.2 Å². The fourth-order valence-corrected chi connectivity index (χ4v) is 3.92. The van der Waals surface area contributed by atoms with Crippen LogP contribution in [-0.2, 0) is 14.6 Å². The molecule has 0 aliphatic heterocycles. The summed E-state index contributed by atoms with van der Waals surface area (Å²) in [4.78, 5) is 35.7. The van der Waals surface area contributed by atoms with Crippen LogP contribution >= 0.6 is 11.3 Å². The Morgan fingerprint density at radius 2 is 1.77 bits per heavy atom. The molecule has 1 heterocycles. The van der Waals surface area contributed by atoms with E-state index in [1.807, 2.05) is 5.32 Å². The molecule has 1 aromatic heterocycles. The van der Waals surface area contributed by atoms with Gasteiger partial charge in [-0.3, -0.25) is 14.9 Å². The van der Waals surface area contributed by atoms with Gasteiger partial charge in [0, 0.05) is 0 Å². The summed E-state index contributed by atoms with van der Waals surface area (Å²) in [5.74, 6) is -1.57. The van der Waals surface area contributed by atoms with Crippen molar-refractivity contribution in [2.45, 2.75) is 11.8 Å². The molecule has 2 rings (SSSR count). The minimum atomic E-state index is -3.60. The summed E-state index contributed by atoms with van der Waals surface area (Å²) in [6.07, 6.45) is -0.933. The number of methoxy groups -OCH3 is 1. The number of imide groups is 1. The maximum absolute atomic E-state index is 12.6. The minimum Gasteiger partial charge on any atom is -0.453 e. The molecule has 0 bridgehead atoms. The topological polar surface area (TPSA) is 119 Å². The average Bonchev–Trinajstić information content (AvgIpc) is 3.09. The number of amides is 3. The van der Waals surface area contributed by atoms with Crippen LogP contribution in [0.4, 0.5) is 9.80 Å². The molecule has 0 saturated carbocycles. The van der Waals surface area contributed by atoms with Gasteiger partial charge in [0.05, 0.1) is 28.9 Å². The molecule has 0 spiro atoms. The highest BCUT2D eigenvalue weighted by atomic mass is 32.2. The van der Waals surface area contributed by atoms with E-state index in [1.54, 1.807) is 11.4 Å². The number of carbonyl (C=O) groups is 3. The summed E-state index contributed by atoms with van der Waals surface area (Å²) >= 11 is 1.06. The van der Waals surface area contributed by atoms with Crippen molar-refractivity contribution in [3.63, 3.8) is 0 Å². The molecule has 0 atom stereocenters. The van der Waals surface area contributed by atoms with Crippen molar-refractivity contribution < 1.29 is 27.5 Å². The van der Waals surface area contributed by atoms with E-state index in [2.05, 4.69) is 10.1 Å². The van der Waals surface area contributed by atoms with Crippen molar-refractivity contribution in [3.05, 3.63) is 46.8 Å². The number of ether oxygens (including phenoxy) is 1. The van der Waals surface area contributed by atoms with Gasteiger partial charge in [-0.1, -0.05) is 19.1 Å². The predicted molar refractivity (Wildman–Crippen MR) is 96.3 cm³/mol. The smallest absolute Gasteiger partial charge is 0.413 e. The third-order valence-corrected chi connectivity index (χ3v) is 6.00. The fourth-order valence-electron chi connectivity index (χ4n) is 2.05. The van der Waals surface area contributed by atoms with E-state index >= 15 is 0 Å². The SMILES string of the molecule is CCS(=O)(=O)c1ccccc1C(=O)Nc1sccc1C(=O)NC(=O)OC. The number of rotatable bonds is 5. The van der Waals surface area contributed by atoms with E-state index in [0.29, 0.717) is 0 Å². The first-order valence-electron chi connectivity index (χ1n) is 7.40. The third-order valence-electron chi connectivity index (χ3n) is 3.38. The summed E-state index contributed by atoms with van der Waals surface area (Å²) in [6.45, 7) is 1.48. The molecule has 8 nitrogen and oxygen atoms in total. The molecule has 138 valence electrons. The molecule has 1 aromatic carbocycles. The van der Waals surface area contributed by atoms with E-state index < -0.39 is 27.7 Å². The number of thiophene rings is 1. The van der Waals surface area contributed by atoms with E-state index in [0.717, 1.165) is 18.4 Å². The molecule has 2 aromatic rings. The molecule has 0 aliphatic rings. The van der Waals surface area contributed by atoms with Gasteiger partial charge >= 0.3 is 6.09 Å². The lowest BCUT2D eigenvalue weighted by atomic mass is 10.2. The van der Waals surface area contributed by atoms with E-state index in [1.165, 1.54) is 31.2 Å². The molecule has 10 heteroatoms. The Kier molecular flexibility index (Phi) is 6.11. The van der Waals surface area contributed by atoms with E-state index in [4.69, 9.17) is 0 Å². The summed E-state index contributed by atoms with van der Waals surface area (Å²) < 4.78 is 28.7. The number of sulfone groups is 1. The second-order valence-corrected chi connectivity index (χ2v) is 8.13. The maximum atomic E-state index is 12.6. The molecule has 3 amide bonds. The lowest BCUT2D eigenvalue weighted by Gasteiger charge is -2.10. The summed E-state index contributed by atoms with van der Waals surface area (Å²) in [6, 6.07) is 7.24. The van der Waals surface area contributed by atoms with Crippen LogP contribution in [0, 0.1) is 0 Å². The number of hydrogen-bond acceptors (Lipinski definition) is 7. The van der Waals surface area contributed by atoms with Gasteiger partial charge < -0.3 is 10.1 Å². The summed E-state index contributed by atoms with van der Waals surface area (Å²) in [5.41, 5.74) is 0.0339. The third kappa shape index (κ3) is 4.27. The first-order chi connectivity index (χ1) is 12.3. The zero-order valence-corrected chi connectivity index (χ0v) is 15.6. The average molecular weight is 396 g/mol. The number of benzene rings is 1. The predicted octanol–water partition coefficient (Wildman–Crippen LogP) is 2.29. The monoisotopic (exact) mass is 396 g/mol. The lowest BCUT2D eigenvalue weighted by Crippen LogP contribution is -2.30. The van der Waals surface area contributed by atoms with Gasteiger partial charge in [-0.2, -0.15) is 0 Å². The van der Waals surface area contributed by atoms with Crippen molar-refractivity contribution in [1.29, 1.82) is 0 Å². The van der Waals surface area contributed by atoms with E-state index in [-0.39, 0.29) is 26.8 Å². The van der Waals surface area contributed by atoms with Crippen LogP contribution in [0.5, 0.6) is 0 Å². The number of anilines is 1. The molecule has 0 fully saturated rings. The molecular formula is C16H16N2O6S2. The van der Waals surface area contributed by atoms with Crippen LogP contribution in [0.25, 0.3) is 0 Å². The van der Waals surface area contributed by atoms with Crippen molar-refractivity contribution in [2.24, 2.45) is 0 Å². The first kappa shape index (κ1) is 19.6. The summed E-state index contributed by atoms with van der Waals surface area (Å²) in [7, 11) is -2.48. The fraction of sp³-hybridized carbons (Fsp3) is 0.188. The number of carbonyl (C=O) groups excluding carboxylic acids is 3. The van der Waals surface area contributed by atoms with E-state index in [9.17, 15) is 22.8 Å². The van der Waals surface area contributed by atoms with Crippen LogP contribution in [0.2, 0.25) is 0 Å². The number of nitrogens with one attached hydrogen (secondary N) is 2. The molecule has 0 radical (unpaired) electrons. The Morgan fingerprint density at radius 1 is 1.08 bits per heavy atom. The van der Waals surface area contributed by atoms with Gasteiger partial charge in [0.2, 0.25) is 0 Å². The number of alkyl carbamates (subject to hydrolysis) is 1. The lowest BCUT2D eigenvalue weighted by molar-refractivity contribution is 0.0938. The van der Waals surface area contributed by atoms with Crippen LogP contribution in [0.3, 0.4) is 0 Å². The Labute approximate surface area is 154 Å². The Hall–Kier alpha value is -2.72. The molecule has 0 aliphatic carbocycles. The molecule has 0 unspecified atom stereocenters. The van der Waals surface area contributed by atoms with Gasteiger partial charge in [0.25, 0.3) is 11.8 Å². The van der Waals surface area contributed by atoms with Gasteiger partial charge in [-0.05, 0) is 23.6 Å². The maximum Gasteiger partial charge on any atom is 0.413 e. The zero-order chi connectivity index (χ0) is 19.3. The molecule has 0 saturated heterocycles. The molecule has 26 heavy (non-hydrogen) atoms. The highest BCUT2D eigenvalue weighted by molar-refractivity contribution is 7.91. The van der Waals surface area contributed by atoms with Crippen molar-refractivity contribution in [3.8, 4) is 0 Å². The largest absolute Gasteiger partial charge is 0.453 e. The Balaban J connectivity index is 2.30. The van der Waals surface area contributed by atoms with Crippen molar-refractivity contribution >= 4 is 44.1 Å². The van der Waals surface area contributed by atoms with Gasteiger partial charge in [-0.25, -0.2) is 13.2 Å². The summed E-state index contributed by atoms with van der Waals surface area (Å²) in [5, 5.41) is 6.24. The Morgan fingerprint density at radius 3 is 2.42 bits per heavy atom.